The van der Waals surface area contributed by atoms with Gasteiger partial charge in [0.1, 0.15) is 6.29 Å². The molecule has 0 spiro atoms. The highest BCUT2D eigenvalue weighted by Gasteiger charge is 2.18. The summed E-state index contributed by atoms with van der Waals surface area (Å²) in [6.45, 7) is 3.41. The van der Waals surface area contributed by atoms with Crippen LogP contribution in [0.1, 0.15) is 12.8 Å². The first-order chi connectivity index (χ1) is 8.29. The average molecular weight is 234 g/mol. The second kappa shape index (κ2) is 5.77. The normalized spacial score (nSPS) is 21.3. The first kappa shape index (κ1) is 12.0. The third-order valence-electron chi connectivity index (χ3n) is 3.29. The van der Waals surface area contributed by atoms with E-state index in [0.717, 1.165) is 38.8 Å². The van der Waals surface area contributed by atoms with Gasteiger partial charge in [0.25, 0.3) is 5.56 Å². The van der Waals surface area contributed by atoms with Crippen LogP contribution in [-0.4, -0.2) is 35.4 Å². The van der Waals surface area contributed by atoms with Crippen LogP contribution in [-0.2, 0) is 11.3 Å². The molecule has 1 unspecified atom stereocenters. The number of pyridine rings is 1. The first-order valence-corrected chi connectivity index (χ1v) is 6.13. The molecule has 17 heavy (non-hydrogen) atoms. The van der Waals surface area contributed by atoms with Crippen molar-refractivity contribution in [3.05, 3.63) is 34.7 Å². The van der Waals surface area contributed by atoms with Crippen molar-refractivity contribution in [1.82, 2.24) is 9.47 Å². The van der Waals surface area contributed by atoms with E-state index in [9.17, 15) is 9.59 Å². The number of aldehydes is 1. The molecule has 1 aliphatic heterocycles. The van der Waals surface area contributed by atoms with Crippen LogP contribution in [0.5, 0.6) is 0 Å². The lowest BCUT2D eigenvalue weighted by molar-refractivity contribution is -0.112. The van der Waals surface area contributed by atoms with E-state index in [4.69, 9.17) is 0 Å². The van der Waals surface area contributed by atoms with Crippen LogP contribution in [0.3, 0.4) is 0 Å². The molecule has 1 atom stereocenters. The lowest BCUT2D eigenvalue weighted by Gasteiger charge is -2.30. The molecule has 0 N–H and O–H groups in total. The van der Waals surface area contributed by atoms with E-state index >= 15 is 0 Å². The van der Waals surface area contributed by atoms with Crippen molar-refractivity contribution in [3.63, 3.8) is 0 Å². The lowest BCUT2D eigenvalue weighted by atomic mass is 10.00. The summed E-state index contributed by atoms with van der Waals surface area (Å²) in [6.07, 6.45) is 4.95. The number of likely N-dealkylation sites (tertiary alicyclic amines) is 1. The number of aromatic nitrogens is 1. The molecule has 0 saturated carbocycles. The van der Waals surface area contributed by atoms with Gasteiger partial charge in [-0.25, -0.2) is 0 Å². The molecular formula is C13H18N2O2. The van der Waals surface area contributed by atoms with E-state index < -0.39 is 0 Å². The number of rotatable bonds is 4. The zero-order valence-electron chi connectivity index (χ0n) is 9.92. The van der Waals surface area contributed by atoms with Crippen LogP contribution in [0.15, 0.2) is 29.2 Å². The molecule has 2 rings (SSSR count). The van der Waals surface area contributed by atoms with Crippen molar-refractivity contribution in [3.8, 4) is 0 Å². The molecule has 4 heteroatoms. The number of nitrogens with zero attached hydrogens (tertiary/aromatic N) is 2. The Balaban J connectivity index is 1.88. The molecule has 0 radical (unpaired) electrons. The fourth-order valence-electron chi connectivity index (χ4n) is 2.30. The van der Waals surface area contributed by atoms with Gasteiger partial charge in [0.15, 0.2) is 0 Å². The molecular weight excluding hydrogens is 216 g/mol. The zero-order chi connectivity index (χ0) is 12.1. The maximum Gasteiger partial charge on any atom is 0.250 e. The van der Waals surface area contributed by atoms with Crippen molar-refractivity contribution in [1.29, 1.82) is 0 Å². The summed E-state index contributed by atoms with van der Waals surface area (Å²) in [5, 5.41) is 0. The van der Waals surface area contributed by atoms with E-state index in [1.54, 1.807) is 16.7 Å². The van der Waals surface area contributed by atoms with Crippen LogP contribution >= 0.6 is 0 Å². The summed E-state index contributed by atoms with van der Waals surface area (Å²) in [7, 11) is 0. The van der Waals surface area contributed by atoms with Crippen LogP contribution in [0.25, 0.3) is 0 Å². The van der Waals surface area contributed by atoms with Crippen molar-refractivity contribution >= 4 is 6.29 Å². The molecule has 1 saturated heterocycles. The summed E-state index contributed by atoms with van der Waals surface area (Å²) in [5.74, 6) is 0.177. The molecule has 0 aromatic carbocycles. The van der Waals surface area contributed by atoms with E-state index in [2.05, 4.69) is 4.90 Å². The third kappa shape index (κ3) is 3.27. The highest BCUT2D eigenvalue weighted by Crippen LogP contribution is 2.13. The van der Waals surface area contributed by atoms with Crippen molar-refractivity contribution in [2.75, 3.05) is 19.6 Å². The Morgan fingerprint density at radius 3 is 3.00 bits per heavy atom. The number of hydrogen-bond donors (Lipinski definition) is 0. The highest BCUT2D eigenvalue weighted by molar-refractivity contribution is 5.53. The van der Waals surface area contributed by atoms with Crippen molar-refractivity contribution in [2.45, 2.75) is 19.4 Å². The van der Waals surface area contributed by atoms with E-state index in [1.807, 2.05) is 12.3 Å². The van der Waals surface area contributed by atoms with E-state index in [-0.39, 0.29) is 11.5 Å². The number of carbonyl (C=O) groups is 1. The molecule has 0 bridgehead atoms. The van der Waals surface area contributed by atoms with Gasteiger partial charge in [0.05, 0.1) is 0 Å². The van der Waals surface area contributed by atoms with E-state index in [1.165, 1.54) is 0 Å². The standard InChI is InChI=1S/C13H18N2O2/c16-11-12-4-3-6-14(10-12)8-9-15-7-2-1-5-13(15)17/h1-2,5,7,11-12H,3-4,6,8-10H2. The quantitative estimate of drug-likeness (QED) is 0.722. The Hall–Kier alpha value is -1.42. The zero-order valence-corrected chi connectivity index (χ0v) is 9.92. The highest BCUT2D eigenvalue weighted by atomic mass is 16.1. The van der Waals surface area contributed by atoms with Crippen molar-refractivity contribution < 1.29 is 4.79 Å². The minimum absolute atomic E-state index is 0.0384. The molecule has 0 aliphatic carbocycles. The first-order valence-electron chi connectivity index (χ1n) is 6.13. The van der Waals surface area contributed by atoms with Crippen LogP contribution in [0, 0.1) is 5.92 Å². The second-order valence-corrected chi connectivity index (χ2v) is 4.57. The number of hydrogen-bond acceptors (Lipinski definition) is 3. The minimum atomic E-state index is 0.0384. The molecule has 0 amide bonds. The van der Waals surface area contributed by atoms with Gasteiger partial charge >= 0.3 is 0 Å². The molecule has 1 fully saturated rings. The summed E-state index contributed by atoms with van der Waals surface area (Å²) in [5.41, 5.74) is 0.0384. The topological polar surface area (TPSA) is 42.3 Å². The minimum Gasteiger partial charge on any atom is -0.314 e. The average Bonchev–Trinajstić information content (AvgIpc) is 2.38. The number of piperidine rings is 1. The third-order valence-corrected chi connectivity index (χ3v) is 3.29. The second-order valence-electron chi connectivity index (χ2n) is 4.57. The van der Waals surface area contributed by atoms with Gasteiger partial charge in [-0.2, -0.15) is 0 Å². The fraction of sp³-hybridized carbons (Fsp3) is 0.538. The fourth-order valence-corrected chi connectivity index (χ4v) is 2.30. The van der Waals surface area contributed by atoms with Crippen LogP contribution in [0.4, 0.5) is 0 Å². The molecule has 1 aromatic heterocycles. The van der Waals surface area contributed by atoms with Gasteiger partial charge < -0.3 is 14.3 Å². The Morgan fingerprint density at radius 1 is 1.35 bits per heavy atom. The molecule has 1 aliphatic rings. The largest absolute Gasteiger partial charge is 0.314 e. The Labute approximate surface area is 101 Å². The maximum atomic E-state index is 11.5. The van der Waals surface area contributed by atoms with Gasteiger partial charge in [0, 0.05) is 37.8 Å². The molecule has 1 aromatic rings. The smallest absolute Gasteiger partial charge is 0.250 e. The summed E-state index contributed by atoms with van der Waals surface area (Å²) in [6, 6.07) is 5.19. The summed E-state index contributed by atoms with van der Waals surface area (Å²) < 4.78 is 1.71. The van der Waals surface area contributed by atoms with E-state index in [0.29, 0.717) is 6.54 Å². The van der Waals surface area contributed by atoms with Gasteiger partial charge in [-0.05, 0) is 25.5 Å². The summed E-state index contributed by atoms with van der Waals surface area (Å²) >= 11 is 0. The monoisotopic (exact) mass is 234 g/mol. The maximum absolute atomic E-state index is 11.5. The predicted molar refractivity (Wildman–Crippen MR) is 65.9 cm³/mol. The summed E-state index contributed by atoms with van der Waals surface area (Å²) in [4.78, 5) is 24.5. The Kier molecular flexibility index (Phi) is 4.09. The van der Waals surface area contributed by atoms with Gasteiger partial charge in [-0.3, -0.25) is 4.79 Å². The Bertz CT molecular complexity index is 427. The van der Waals surface area contributed by atoms with Crippen LogP contribution in [0.2, 0.25) is 0 Å². The van der Waals surface area contributed by atoms with Gasteiger partial charge in [-0.15, -0.1) is 0 Å². The van der Waals surface area contributed by atoms with Crippen LogP contribution < -0.4 is 5.56 Å². The van der Waals surface area contributed by atoms with Gasteiger partial charge in [-0.1, -0.05) is 6.07 Å². The lowest BCUT2D eigenvalue weighted by Crippen LogP contribution is -2.38. The molecule has 92 valence electrons. The molecule has 4 nitrogen and oxygen atoms in total. The number of carbonyl (C=O) groups excluding carboxylic acids is 1. The van der Waals surface area contributed by atoms with Gasteiger partial charge in [0.2, 0.25) is 0 Å². The SMILES string of the molecule is O=CC1CCCN(CCn2ccccc2=O)C1. The van der Waals surface area contributed by atoms with Crippen molar-refractivity contribution in [2.24, 2.45) is 5.92 Å². The molecule has 2 heterocycles. The predicted octanol–water partition coefficient (Wildman–Crippen LogP) is 0.759. The Morgan fingerprint density at radius 2 is 2.24 bits per heavy atom.